The van der Waals surface area contributed by atoms with Gasteiger partial charge in [0.2, 0.25) is 0 Å². The molecule has 1 rings (SSSR count). The van der Waals surface area contributed by atoms with Crippen LogP contribution in [-0.4, -0.2) is 39.1 Å². The molecule has 0 fully saturated rings. The molecule has 0 saturated heterocycles. The molecular weight excluding hydrogens is 193 g/mol. The largest absolute Gasteiger partial charge is 0.349 e. The summed E-state index contributed by atoms with van der Waals surface area (Å²) in [7, 11) is 7.23. The highest BCUT2D eigenvalue weighted by molar-refractivity contribution is 5.95. The lowest BCUT2D eigenvalue weighted by atomic mass is 10.3. The topological polar surface area (TPSA) is 18.8 Å². The van der Waals surface area contributed by atoms with E-state index in [4.69, 9.17) is 0 Å². The average Bonchev–Trinajstić information content (AvgIpc) is 2.18. The summed E-state index contributed by atoms with van der Waals surface area (Å²) in [5.41, 5.74) is 0.520. The maximum atomic E-state index is 13.5. The lowest BCUT2D eigenvalue weighted by molar-refractivity contribution is 0.597. The molecule has 0 aromatic heterocycles. The summed E-state index contributed by atoms with van der Waals surface area (Å²) in [5, 5.41) is 0. The maximum Gasteiger partial charge on any atom is 0.200 e. The number of guanidine groups is 1. The van der Waals surface area contributed by atoms with Gasteiger partial charge in [-0.25, -0.2) is 4.39 Å². The Hall–Kier alpha value is -1.58. The Morgan fingerprint density at radius 1 is 1.20 bits per heavy atom. The molecule has 0 spiro atoms. The summed E-state index contributed by atoms with van der Waals surface area (Å²) in [6.07, 6.45) is 0. The van der Waals surface area contributed by atoms with Gasteiger partial charge in [0, 0.05) is 28.2 Å². The Morgan fingerprint density at radius 3 is 2.27 bits per heavy atom. The standard InChI is InChI=1S/C11H16FN3/c1-13-11(14(2)3)15(4)10-8-6-5-7-9(10)12/h5-8H,1-4H3. The van der Waals surface area contributed by atoms with Crippen LogP contribution in [0.2, 0.25) is 0 Å². The molecule has 0 N–H and O–H groups in total. The Balaban J connectivity index is 3.04. The molecule has 0 aliphatic rings. The van der Waals surface area contributed by atoms with Gasteiger partial charge in [0.15, 0.2) is 5.96 Å². The summed E-state index contributed by atoms with van der Waals surface area (Å²) in [5.74, 6) is 0.461. The zero-order valence-corrected chi connectivity index (χ0v) is 9.53. The molecule has 0 aliphatic carbocycles. The van der Waals surface area contributed by atoms with Gasteiger partial charge in [-0.2, -0.15) is 0 Å². The third kappa shape index (κ3) is 2.46. The van der Waals surface area contributed by atoms with Crippen molar-refractivity contribution >= 4 is 11.6 Å². The number of anilines is 1. The smallest absolute Gasteiger partial charge is 0.200 e. The Kier molecular flexibility index (Phi) is 3.66. The van der Waals surface area contributed by atoms with Crippen LogP contribution in [0.1, 0.15) is 0 Å². The molecule has 0 heterocycles. The van der Waals surface area contributed by atoms with Crippen molar-refractivity contribution in [2.45, 2.75) is 0 Å². The molecule has 0 radical (unpaired) electrons. The van der Waals surface area contributed by atoms with Crippen molar-refractivity contribution in [3.8, 4) is 0 Å². The molecular formula is C11H16FN3. The maximum absolute atomic E-state index is 13.5. The molecule has 0 bridgehead atoms. The van der Waals surface area contributed by atoms with Crippen LogP contribution < -0.4 is 4.90 Å². The fourth-order valence-corrected chi connectivity index (χ4v) is 1.48. The van der Waals surface area contributed by atoms with E-state index in [-0.39, 0.29) is 5.82 Å². The van der Waals surface area contributed by atoms with E-state index in [1.165, 1.54) is 6.07 Å². The normalized spacial score (nSPS) is 11.4. The van der Waals surface area contributed by atoms with Gasteiger partial charge >= 0.3 is 0 Å². The van der Waals surface area contributed by atoms with Crippen molar-refractivity contribution in [3.63, 3.8) is 0 Å². The van der Waals surface area contributed by atoms with E-state index in [1.807, 2.05) is 19.0 Å². The van der Waals surface area contributed by atoms with Crippen LogP contribution >= 0.6 is 0 Å². The zero-order valence-electron chi connectivity index (χ0n) is 9.53. The molecule has 4 heteroatoms. The number of benzene rings is 1. The summed E-state index contributed by atoms with van der Waals surface area (Å²) < 4.78 is 13.5. The van der Waals surface area contributed by atoms with Gasteiger partial charge < -0.3 is 9.80 Å². The van der Waals surface area contributed by atoms with Crippen LogP contribution in [-0.2, 0) is 0 Å². The van der Waals surface area contributed by atoms with Gasteiger partial charge in [0.05, 0.1) is 5.69 Å². The molecule has 15 heavy (non-hydrogen) atoms. The second-order valence-corrected chi connectivity index (χ2v) is 3.43. The van der Waals surface area contributed by atoms with E-state index in [2.05, 4.69) is 4.99 Å². The highest BCUT2D eigenvalue weighted by Gasteiger charge is 2.13. The number of hydrogen-bond acceptors (Lipinski definition) is 1. The Morgan fingerprint density at radius 2 is 1.80 bits per heavy atom. The molecule has 1 aromatic rings. The molecule has 0 unspecified atom stereocenters. The van der Waals surface area contributed by atoms with Crippen molar-refractivity contribution in [2.24, 2.45) is 4.99 Å². The van der Waals surface area contributed by atoms with Gasteiger partial charge in [-0.15, -0.1) is 0 Å². The third-order valence-corrected chi connectivity index (χ3v) is 2.11. The lowest BCUT2D eigenvalue weighted by Gasteiger charge is -2.26. The van der Waals surface area contributed by atoms with E-state index in [1.54, 1.807) is 37.2 Å². The minimum atomic E-state index is -0.247. The Bertz CT molecular complexity index is 361. The molecule has 0 aliphatic heterocycles. The van der Waals surface area contributed by atoms with Crippen LogP contribution in [0.25, 0.3) is 0 Å². The first kappa shape index (κ1) is 11.5. The van der Waals surface area contributed by atoms with Crippen LogP contribution in [0.3, 0.4) is 0 Å². The summed E-state index contributed by atoms with van der Waals surface area (Å²) in [4.78, 5) is 7.66. The summed E-state index contributed by atoms with van der Waals surface area (Å²) in [6, 6.07) is 6.64. The monoisotopic (exact) mass is 209 g/mol. The fraction of sp³-hybridized carbons (Fsp3) is 0.364. The quantitative estimate of drug-likeness (QED) is 0.519. The second-order valence-electron chi connectivity index (χ2n) is 3.43. The molecule has 1 aromatic carbocycles. The van der Waals surface area contributed by atoms with E-state index in [0.29, 0.717) is 11.6 Å². The molecule has 82 valence electrons. The highest BCUT2D eigenvalue weighted by atomic mass is 19.1. The van der Waals surface area contributed by atoms with Crippen molar-refractivity contribution < 1.29 is 4.39 Å². The van der Waals surface area contributed by atoms with Crippen molar-refractivity contribution in [3.05, 3.63) is 30.1 Å². The van der Waals surface area contributed by atoms with E-state index >= 15 is 0 Å². The van der Waals surface area contributed by atoms with Gasteiger partial charge in [-0.3, -0.25) is 4.99 Å². The van der Waals surface area contributed by atoms with E-state index in [9.17, 15) is 4.39 Å². The first-order valence-corrected chi connectivity index (χ1v) is 4.70. The number of aliphatic imine (C=N–C) groups is 1. The number of nitrogens with zero attached hydrogens (tertiary/aromatic N) is 3. The molecule has 3 nitrogen and oxygen atoms in total. The summed E-state index contributed by atoms with van der Waals surface area (Å²) >= 11 is 0. The predicted octanol–water partition coefficient (Wildman–Crippen LogP) is 1.81. The second kappa shape index (κ2) is 4.77. The third-order valence-electron chi connectivity index (χ3n) is 2.11. The van der Waals surface area contributed by atoms with Crippen LogP contribution in [0.4, 0.5) is 10.1 Å². The first-order chi connectivity index (χ1) is 7.07. The van der Waals surface area contributed by atoms with Crippen molar-refractivity contribution in [1.29, 1.82) is 0 Å². The molecule has 0 saturated carbocycles. The minimum Gasteiger partial charge on any atom is -0.349 e. The number of rotatable bonds is 1. The van der Waals surface area contributed by atoms with Crippen molar-refractivity contribution in [2.75, 3.05) is 33.1 Å². The average molecular weight is 209 g/mol. The lowest BCUT2D eigenvalue weighted by Crippen LogP contribution is -2.38. The summed E-state index contributed by atoms with van der Waals surface area (Å²) in [6.45, 7) is 0. The fourth-order valence-electron chi connectivity index (χ4n) is 1.48. The first-order valence-electron chi connectivity index (χ1n) is 4.70. The molecule has 0 amide bonds. The highest BCUT2D eigenvalue weighted by Crippen LogP contribution is 2.17. The number of halogens is 1. The van der Waals surface area contributed by atoms with Crippen LogP contribution in [0, 0.1) is 5.82 Å². The van der Waals surface area contributed by atoms with Crippen LogP contribution in [0.5, 0.6) is 0 Å². The van der Waals surface area contributed by atoms with E-state index < -0.39 is 0 Å². The SMILES string of the molecule is CN=C(N(C)C)N(C)c1ccccc1F. The van der Waals surface area contributed by atoms with Gasteiger partial charge in [0.1, 0.15) is 5.82 Å². The van der Waals surface area contributed by atoms with Gasteiger partial charge in [-0.05, 0) is 12.1 Å². The minimum absolute atomic E-state index is 0.247. The van der Waals surface area contributed by atoms with Crippen LogP contribution in [0.15, 0.2) is 29.3 Å². The van der Waals surface area contributed by atoms with Crippen molar-refractivity contribution in [1.82, 2.24) is 4.90 Å². The Labute approximate surface area is 89.8 Å². The molecule has 0 atom stereocenters. The number of para-hydroxylation sites is 1. The van der Waals surface area contributed by atoms with Gasteiger partial charge in [0.25, 0.3) is 0 Å². The number of hydrogen-bond donors (Lipinski definition) is 0. The van der Waals surface area contributed by atoms with E-state index in [0.717, 1.165) is 0 Å². The zero-order chi connectivity index (χ0) is 11.4. The van der Waals surface area contributed by atoms with Gasteiger partial charge in [-0.1, -0.05) is 12.1 Å². The predicted molar refractivity (Wildman–Crippen MR) is 61.8 cm³/mol.